The Balaban J connectivity index is 1.67. The second kappa shape index (κ2) is 6.91. The highest BCUT2D eigenvalue weighted by molar-refractivity contribution is 5.98. The Labute approximate surface area is 160 Å². The van der Waals surface area contributed by atoms with Gasteiger partial charge in [0.2, 0.25) is 11.8 Å². The molecule has 28 heavy (non-hydrogen) atoms. The lowest BCUT2D eigenvalue weighted by Crippen LogP contribution is -2.15. The number of nitrogens with zero attached hydrogens (tertiary/aromatic N) is 4. The number of aryl methyl sites for hydroxylation is 1. The molecule has 1 aliphatic carbocycles. The van der Waals surface area contributed by atoms with E-state index in [4.69, 9.17) is 9.47 Å². The number of aromatic nitrogens is 4. The van der Waals surface area contributed by atoms with Crippen LogP contribution in [0.3, 0.4) is 0 Å². The van der Waals surface area contributed by atoms with Gasteiger partial charge >= 0.3 is 6.01 Å². The van der Waals surface area contributed by atoms with Gasteiger partial charge in [-0.05, 0) is 18.6 Å². The monoisotopic (exact) mass is 381 g/mol. The molecule has 2 unspecified atom stereocenters. The van der Waals surface area contributed by atoms with Gasteiger partial charge in [-0.1, -0.05) is 0 Å². The minimum Gasteiger partial charge on any atom is -0.480 e. The van der Waals surface area contributed by atoms with Crippen LogP contribution in [0.15, 0.2) is 24.5 Å². The molecule has 0 aromatic carbocycles. The van der Waals surface area contributed by atoms with Gasteiger partial charge in [0.25, 0.3) is 0 Å². The molecule has 9 nitrogen and oxygen atoms in total. The molecule has 2 atom stereocenters. The molecule has 144 valence electrons. The predicted octanol–water partition coefficient (Wildman–Crippen LogP) is 1.82. The minimum absolute atomic E-state index is 0.172. The molecule has 0 radical (unpaired) electrons. The van der Waals surface area contributed by atoms with E-state index in [1.807, 2.05) is 17.7 Å². The smallest absolute Gasteiger partial charge is 0.319 e. The van der Waals surface area contributed by atoms with Crippen molar-refractivity contribution in [2.45, 2.75) is 6.42 Å². The van der Waals surface area contributed by atoms with E-state index in [2.05, 4.69) is 20.3 Å². The quantitative estimate of drug-likeness (QED) is 0.649. The molecule has 1 aliphatic rings. The topological polar surface area (TPSA) is 108 Å². The van der Waals surface area contributed by atoms with Gasteiger partial charge in [-0.25, -0.2) is 9.97 Å². The van der Waals surface area contributed by atoms with Crippen molar-refractivity contribution in [1.29, 1.82) is 0 Å². The van der Waals surface area contributed by atoms with Crippen LogP contribution in [0.2, 0.25) is 0 Å². The molecule has 3 aromatic rings. The van der Waals surface area contributed by atoms with Crippen molar-refractivity contribution in [1.82, 2.24) is 19.5 Å². The second-order valence-electron chi connectivity index (χ2n) is 6.63. The van der Waals surface area contributed by atoms with Gasteiger partial charge < -0.3 is 24.2 Å². The number of aldehydes is 1. The van der Waals surface area contributed by atoms with Gasteiger partial charge in [0.05, 0.1) is 37.2 Å². The fourth-order valence-electron chi connectivity index (χ4n) is 3.23. The summed E-state index contributed by atoms with van der Waals surface area (Å²) in [7, 11) is 4.93. The third kappa shape index (κ3) is 3.04. The van der Waals surface area contributed by atoms with E-state index in [1.165, 1.54) is 14.2 Å². The van der Waals surface area contributed by atoms with E-state index >= 15 is 0 Å². The zero-order valence-electron chi connectivity index (χ0n) is 15.7. The summed E-state index contributed by atoms with van der Waals surface area (Å²) >= 11 is 0. The van der Waals surface area contributed by atoms with Crippen LogP contribution in [0.5, 0.6) is 11.9 Å². The number of nitrogens with one attached hydrogen (secondary N) is 1. The van der Waals surface area contributed by atoms with Crippen LogP contribution < -0.4 is 14.8 Å². The number of fused-ring (bicyclic) bond motifs is 1. The number of hydrogen-bond donors (Lipinski definition) is 1. The number of amides is 1. The first kappa shape index (κ1) is 17.9. The van der Waals surface area contributed by atoms with Crippen molar-refractivity contribution in [3.63, 3.8) is 0 Å². The Kier molecular flexibility index (Phi) is 4.42. The van der Waals surface area contributed by atoms with E-state index in [1.54, 1.807) is 18.5 Å². The summed E-state index contributed by atoms with van der Waals surface area (Å²) in [6.45, 7) is 0. The molecule has 0 aliphatic heterocycles. The zero-order chi connectivity index (χ0) is 19.8. The number of rotatable bonds is 6. The van der Waals surface area contributed by atoms with E-state index in [0.29, 0.717) is 23.7 Å². The highest BCUT2D eigenvalue weighted by Gasteiger charge is 2.42. The van der Waals surface area contributed by atoms with Crippen molar-refractivity contribution in [3.8, 4) is 23.1 Å². The number of anilines is 1. The Morgan fingerprint density at radius 2 is 2.07 bits per heavy atom. The van der Waals surface area contributed by atoms with Gasteiger partial charge in [-0.3, -0.25) is 4.79 Å². The lowest BCUT2D eigenvalue weighted by Gasteiger charge is -2.09. The first-order valence-corrected chi connectivity index (χ1v) is 8.72. The van der Waals surface area contributed by atoms with Crippen molar-refractivity contribution in [3.05, 3.63) is 24.5 Å². The molecule has 3 heterocycles. The van der Waals surface area contributed by atoms with Crippen LogP contribution in [0.25, 0.3) is 22.2 Å². The van der Waals surface area contributed by atoms with E-state index in [-0.39, 0.29) is 23.8 Å². The fraction of sp³-hybridized carbons (Fsp3) is 0.316. The van der Waals surface area contributed by atoms with E-state index < -0.39 is 0 Å². The van der Waals surface area contributed by atoms with Crippen molar-refractivity contribution >= 4 is 28.9 Å². The van der Waals surface area contributed by atoms with E-state index in [9.17, 15) is 9.59 Å². The summed E-state index contributed by atoms with van der Waals surface area (Å²) in [5.41, 5.74) is 2.42. The molecule has 9 heteroatoms. The van der Waals surface area contributed by atoms with Gasteiger partial charge in [0.1, 0.15) is 12.1 Å². The number of carbonyl (C=O) groups is 2. The summed E-state index contributed by atoms with van der Waals surface area (Å²) in [5.74, 6) is 0.249. The van der Waals surface area contributed by atoms with Crippen molar-refractivity contribution in [2.75, 3.05) is 19.5 Å². The maximum atomic E-state index is 12.2. The third-order valence-electron chi connectivity index (χ3n) is 4.92. The maximum absolute atomic E-state index is 12.2. The Morgan fingerprint density at radius 3 is 2.75 bits per heavy atom. The summed E-state index contributed by atoms with van der Waals surface area (Å²) in [6, 6.07) is 3.97. The summed E-state index contributed by atoms with van der Waals surface area (Å²) in [6.07, 6.45) is 4.76. The number of hydrogen-bond acceptors (Lipinski definition) is 7. The highest BCUT2D eigenvalue weighted by atomic mass is 16.5. The number of pyridine rings is 1. The van der Waals surface area contributed by atoms with Crippen LogP contribution in [-0.2, 0) is 16.6 Å². The van der Waals surface area contributed by atoms with Gasteiger partial charge in [0, 0.05) is 30.5 Å². The number of ether oxygens (including phenoxy) is 2. The number of methoxy groups -OCH3 is 2. The average Bonchev–Trinajstić information content (AvgIpc) is 3.45. The summed E-state index contributed by atoms with van der Waals surface area (Å²) < 4.78 is 12.4. The van der Waals surface area contributed by atoms with Crippen LogP contribution in [-0.4, -0.2) is 45.9 Å². The van der Waals surface area contributed by atoms with Crippen molar-refractivity contribution in [2.24, 2.45) is 18.9 Å². The van der Waals surface area contributed by atoms with Crippen LogP contribution in [0, 0.1) is 11.8 Å². The first-order chi connectivity index (χ1) is 13.5. The molecule has 1 N–H and O–H groups in total. The Bertz CT molecular complexity index is 1080. The molecule has 1 amide bonds. The lowest BCUT2D eigenvalue weighted by atomic mass is 10.2. The first-order valence-electron chi connectivity index (χ1n) is 8.72. The molecule has 1 saturated carbocycles. The summed E-state index contributed by atoms with van der Waals surface area (Å²) in [4.78, 5) is 35.6. The van der Waals surface area contributed by atoms with Crippen LogP contribution in [0.1, 0.15) is 6.42 Å². The van der Waals surface area contributed by atoms with Gasteiger partial charge in [-0.2, -0.15) is 4.98 Å². The molecule has 0 spiro atoms. The predicted molar refractivity (Wildman–Crippen MR) is 101 cm³/mol. The Morgan fingerprint density at radius 1 is 1.25 bits per heavy atom. The second-order valence-corrected chi connectivity index (χ2v) is 6.63. The van der Waals surface area contributed by atoms with Crippen LogP contribution >= 0.6 is 0 Å². The SMILES string of the molecule is COc1ncc(-c2cc3cc(NC(=O)C4CC4C=O)ncc3n2C)c(OC)n1. The number of carbonyl (C=O) groups excluding carboxylic acids is 2. The molecule has 0 bridgehead atoms. The Hall–Kier alpha value is -3.49. The molecule has 1 fully saturated rings. The fourth-order valence-corrected chi connectivity index (χ4v) is 3.23. The molecule has 3 aromatic heterocycles. The maximum Gasteiger partial charge on any atom is 0.319 e. The molecular weight excluding hydrogens is 362 g/mol. The minimum atomic E-state index is -0.248. The standard InChI is InChI=1S/C19H19N5O4/c1-24-14(13-7-21-19(28-3)23-18(13)27-2)5-10-6-16(20-8-15(10)24)22-17(26)12-4-11(12)9-25/h5-9,11-12H,4H2,1-3H3,(H,20,22,26). The average molecular weight is 381 g/mol. The molecular formula is C19H19N5O4. The van der Waals surface area contributed by atoms with Crippen molar-refractivity contribution < 1.29 is 19.1 Å². The largest absolute Gasteiger partial charge is 0.480 e. The van der Waals surface area contributed by atoms with E-state index in [0.717, 1.165) is 22.9 Å². The van der Waals surface area contributed by atoms with Gasteiger partial charge in [-0.15, -0.1) is 0 Å². The molecule has 0 saturated heterocycles. The summed E-state index contributed by atoms with van der Waals surface area (Å²) in [5, 5.41) is 3.67. The van der Waals surface area contributed by atoms with Gasteiger partial charge in [0.15, 0.2) is 0 Å². The highest BCUT2D eigenvalue weighted by Crippen LogP contribution is 2.37. The third-order valence-corrected chi connectivity index (χ3v) is 4.92. The van der Waals surface area contributed by atoms with Crippen LogP contribution in [0.4, 0.5) is 5.82 Å². The molecule has 4 rings (SSSR count). The zero-order valence-corrected chi connectivity index (χ0v) is 15.7. The lowest BCUT2D eigenvalue weighted by molar-refractivity contribution is -0.119. The normalized spacial score (nSPS) is 18.0.